The number of amides is 5. The summed E-state index contributed by atoms with van der Waals surface area (Å²) in [5.74, 6) is -2.84. The number of nitrogens with one attached hydrogen (secondary N) is 2. The molecule has 3 aromatic rings. The Hall–Kier alpha value is -5.31. The molecule has 14 heteroatoms. The lowest BCUT2D eigenvalue weighted by atomic mass is 9.89. The van der Waals surface area contributed by atoms with E-state index in [1.54, 1.807) is 44.9 Å². The second-order valence-corrected chi connectivity index (χ2v) is 19.6. The van der Waals surface area contributed by atoms with Gasteiger partial charge in [0.05, 0.1) is 48.8 Å². The number of likely N-dealkylation sites (tertiary alicyclic amines) is 1. The Morgan fingerprint density at radius 3 is 1.90 bits per heavy atom. The first kappa shape index (κ1) is 53.6. The molecule has 10 atom stereocenters. The van der Waals surface area contributed by atoms with Crippen molar-refractivity contribution in [3.05, 3.63) is 95.6 Å². The van der Waals surface area contributed by atoms with E-state index in [-0.39, 0.29) is 60.5 Å². The summed E-state index contributed by atoms with van der Waals surface area (Å²) in [5.41, 5.74) is 5.09. The molecule has 1 heterocycles. The fourth-order valence-corrected chi connectivity index (χ4v) is 10.4. The van der Waals surface area contributed by atoms with Gasteiger partial charge in [0.25, 0.3) is 0 Å². The van der Waals surface area contributed by atoms with E-state index in [1.807, 2.05) is 96.1 Å². The van der Waals surface area contributed by atoms with Crippen LogP contribution in [0.15, 0.2) is 78.9 Å². The Bertz CT molecular complexity index is 2120. The molecule has 372 valence electrons. The molecular formula is C54H77N5O9. The van der Waals surface area contributed by atoms with E-state index >= 15 is 0 Å². The van der Waals surface area contributed by atoms with E-state index in [2.05, 4.69) is 34.9 Å². The second kappa shape index (κ2) is 24.3. The quantitative estimate of drug-likeness (QED) is 0.0945. The summed E-state index contributed by atoms with van der Waals surface area (Å²) in [4.78, 5) is 75.4. The van der Waals surface area contributed by atoms with Gasteiger partial charge in [0.2, 0.25) is 23.6 Å². The number of aliphatic hydroxyl groups excluding tert-OH is 1. The standard InChI is InChI=1S/C54H77N5O9/c1-13-34(6)48(44(66-11)30-45(60)59-29-21-28-43(59)50(67-12)35(7)51(62)55-36(8)49(61)37-22-15-14-16-23-37)57(9)53(64)46(32(2)3)56-52(63)47(33(4)5)58(10)54(65)68-31-42-40-26-19-17-24-38(40)39-25-18-20-27-41(39)42/h14-20,22-27,32-36,42-44,46-50,61H,13,21,28-31H2,1-12H3,(H,55,62)(H,56,63)/t34-,35+,36+,43-,44+,46-,47-,48-,49+,50+/m0/s1. The number of benzene rings is 3. The van der Waals surface area contributed by atoms with Crippen molar-refractivity contribution in [1.29, 1.82) is 0 Å². The van der Waals surface area contributed by atoms with E-state index in [9.17, 15) is 29.1 Å². The molecule has 68 heavy (non-hydrogen) atoms. The molecule has 0 spiro atoms. The molecule has 5 rings (SSSR count). The Kier molecular flexibility index (Phi) is 19.2. The molecule has 3 N–H and O–H groups in total. The monoisotopic (exact) mass is 940 g/mol. The maximum atomic E-state index is 14.7. The van der Waals surface area contributed by atoms with Crippen LogP contribution in [0.3, 0.4) is 0 Å². The van der Waals surface area contributed by atoms with E-state index in [0.717, 1.165) is 28.7 Å². The van der Waals surface area contributed by atoms with Crippen LogP contribution >= 0.6 is 0 Å². The van der Waals surface area contributed by atoms with Gasteiger partial charge in [-0.1, -0.05) is 134 Å². The third-order valence-electron chi connectivity index (χ3n) is 14.4. The van der Waals surface area contributed by atoms with E-state index in [4.69, 9.17) is 14.2 Å². The van der Waals surface area contributed by atoms with Crippen LogP contribution in [0.2, 0.25) is 0 Å². The molecular weight excluding hydrogens is 863 g/mol. The van der Waals surface area contributed by atoms with Gasteiger partial charge in [-0.15, -0.1) is 0 Å². The summed E-state index contributed by atoms with van der Waals surface area (Å²) >= 11 is 0. The van der Waals surface area contributed by atoms with Gasteiger partial charge in [-0.05, 0) is 65.3 Å². The van der Waals surface area contributed by atoms with Crippen LogP contribution in [0.5, 0.6) is 0 Å². The minimum atomic E-state index is -0.959. The molecule has 1 fully saturated rings. The molecule has 1 aliphatic carbocycles. The molecule has 1 aliphatic heterocycles. The van der Waals surface area contributed by atoms with Gasteiger partial charge in [0.1, 0.15) is 18.7 Å². The lowest BCUT2D eigenvalue weighted by Crippen LogP contribution is -2.60. The summed E-state index contributed by atoms with van der Waals surface area (Å²) in [6.07, 6.45) is -0.862. The summed E-state index contributed by atoms with van der Waals surface area (Å²) in [6.45, 7) is 15.6. The topological polar surface area (TPSA) is 167 Å². The lowest BCUT2D eigenvalue weighted by Gasteiger charge is -2.41. The highest BCUT2D eigenvalue weighted by Crippen LogP contribution is 2.44. The van der Waals surface area contributed by atoms with Crippen molar-refractivity contribution in [2.24, 2.45) is 23.7 Å². The van der Waals surface area contributed by atoms with Crippen molar-refractivity contribution in [2.75, 3.05) is 41.5 Å². The van der Waals surface area contributed by atoms with Crippen molar-refractivity contribution in [1.82, 2.24) is 25.3 Å². The molecule has 3 aromatic carbocycles. The number of hydrogen-bond donors (Lipinski definition) is 3. The Balaban J connectivity index is 1.25. The maximum absolute atomic E-state index is 14.7. The summed E-state index contributed by atoms with van der Waals surface area (Å²) in [6, 6.07) is 21.9. The number of carbonyl (C=O) groups excluding carboxylic acids is 5. The molecule has 5 amide bonds. The van der Waals surface area contributed by atoms with Crippen molar-refractivity contribution >= 4 is 29.7 Å². The molecule has 0 aromatic heterocycles. The molecule has 2 aliphatic rings. The zero-order chi connectivity index (χ0) is 50.0. The molecule has 0 unspecified atom stereocenters. The van der Waals surface area contributed by atoms with Gasteiger partial charge in [-0.3, -0.25) is 24.1 Å². The summed E-state index contributed by atoms with van der Waals surface area (Å²) < 4.78 is 18.0. The minimum Gasteiger partial charge on any atom is -0.448 e. The SMILES string of the molecule is CC[C@H](C)[C@@H]([C@@H](CC(=O)N1CCC[C@H]1[C@H](OC)[C@@H](C)C(=O)N[C@H](C)[C@@H](O)c1ccccc1)OC)N(C)C(=O)[C@@H](NC(=O)[C@H](C(C)C)N(C)C(=O)OCC1c2ccccc2-c2ccccc21)C(C)C. The van der Waals surface area contributed by atoms with Crippen molar-refractivity contribution < 1.29 is 43.3 Å². The van der Waals surface area contributed by atoms with E-state index in [1.165, 1.54) is 12.0 Å². The van der Waals surface area contributed by atoms with Gasteiger partial charge in [0, 0.05) is 40.8 Å². The van der Waals surface area contributed by atoms with Crippen molar-refractivity contribution in [3.8, 4) is 11.1 Å². The van der Waals surface area contributed by atoms with Crippen LogP contribution in [0.1, 0.15) is 110 Å². The highest BCUT2D eigenvalue weighted by atomic mass is 16.6. The van der Waals surface area contributed by atoms with Crippen LogP contribution < -0.4 is 10.6 Å². The first-order valence-electron chi connectivity index (χ1n) is 24.4. The average Bonchev–Trinajstić information content (AvgIpc) is 3.95. The number of ether oxygens (including phenoxy) is 3. The highest BCUT2D eigenvalue weighted by Gasteiger charge is 2.44. The Morgan fingerprint density at radius 2 is 1.35 bits per heavy atom. The van der Waals surface area contributed by atoms with E-state index in [0.29, 0.717) is 24.9 Å². The molecule has 1 saturated heterocycles. The largest absolute Gasteiger partial charge is 0.448 e. The zero-order valence-corrected chi connectivity index (χ0v) is 42.3. The van der Waals surface area contributed by atoms with Crippen molar-refractivity contribution in [2.45, 2.75) is 136 Å². The third-order valence-corrected chi connectivity index (χ3v) is 14.4. The van der Waals surface area contributed by atoms with Gasteiger partial charge in [-0.2, -0.15) is 0 Å². The van der Waals surface area contributed by atoms with Crippen LogP contribution in [-0.4, -0.2) is 133 Å². The first-order valence-corrected chi connectivity index (χ1v) is 24.4. The zero-order valence-electron chi connectivity index (χ0n) is 42.3. The van der Waals surface area contributed by atoms with Crippen LogP contribution in [0.25, 0.3) is 11.1 Å². The number of hydrogen-bond acceptors (Lipinski definition) is 9. The second-order valence-electron chi connectivity index (χ2n) is 19.6. The predicted molar refractivity (Wildman–Crippen MR) is 263 cm³/mol. The molecule has 0 saturated carbocycles. The molecule has 14 nitrogen and oxygen atoms in total. The van der Waals surface area contributed by atoms with Crippen LogP contribution in [0.4, 0.5) is 4.79 Å². The van der Waals surface area contributed by atoms with Crippen LogP contribution in [0, 0.1) is 23.7 Å². The molecule has 0 radical (unpaired) electrons. The van der Waals surface area contributed by atoms with Gasteiger partial charge < -0.3 is 39.8 Å². The van der Waals surface area contributed by atoms with Crippen LogP contribution in [-0.2, 0) is 33.4 Å². The first-order chi connectivity index (χ1) is 32.4. The number of rotatable bonds is 22. The summed E-state index contributed by atoms with van der Waals surface area (Å²) in [7, 11) is 6.32. The number of nitrogens with zero attached hydrogens (tertiary/aromatic N) is 3. The fourth-order valence-electron chi connectivity index (χ4n) is 10.4. The minimum absolute atomic E-state index is 0.0317. The number of fused-ring (bicyclic) bond motifs is 3. The summed E-state index contributed by atoms with van der Waals surface area (Å²) in [5, 5.41) is 16.9. The van der Waals surface area contributed by atoms with Gasteiger partial charge in [0.15, 0.2) is 0 Å². The lowest BCUT2D eigenvalue weighted by molar-refractivity contribution is -0.148. The number of aliphatic hydroxyl groups is 1. The number of likely N-dealkylation sites (N-methyl/N-ethyl adjacent to an activating group) is 2. The Morgan fingerprint density at radius 1 is 0.765 bits per heavy atom. The Labute approximate surface area is 404 Å². The number of carbonyl (C=O) groups is 5. The van der Waals surface area contributed by atoms with Crippen molar-refractivity contribution in [3.63, 3.8) is 0 Å². The average molecular weight is 940 g/mol. The normalized spacial score (nSPS) is 18.6. The molecule has 0 bridgehead atoms. The third kappa shape index (κ3) is 12.1. The highest BCUT2D eigenvalue weighted by molar-refractivity contribution is 5.92. The number of methoxy groups -OCH3 is 2. The fraction of sp³-hybridized carbons (Fsp3) is 0.574. The maximum Gasteiger partial charge on any atom is 0.410 e. The van der Waals surface area contributed by atoms with Gasteiger partial charge >= 0.3 is 6.09 Å². The van der Waals surface area contributed by atoms with E-state index < -0.39 is 60.4 Å². The van der Waals surface area contributed by atoms with Gasteiger partial charge in [-0.25, -0.2) is 4.79 Å². The predicted octanol–water partition coefficient (Wildman–Crippen LogP) is 7.19. The smallest absolute Gasteiger partial charge is 0.410 e.